The SMILES string of the molecule is COc1ccc(COC[C@H](C)C2SCCCS2)cc1. The predicted octanol–water partition coefficient (Wildman–Crippen LogP) is 4.04. The van der Waals surface area contributed by atoms with Crippen molar-refractivity contribution in [3.8, 4) is 5.75 Å². The van der Waals surface area contributed by atoms with Crippen LogP contribution >= 0.6 is 23.5 Å². The van der Waals surface area contributed by atoms with Gasteiger partial charge in [-0.3, -0.25) is 0 Å². The maximum atomic E-state index is 5.84. The zero-order valence-electron chi connectivity index (χ0n) is 11.6. The standard InChI is InChI=1S/C15H22O2S2/c1-12(15-18-8-3-9-19-15)10-17-11-13-4-6-14(16-2)7-5-13/h4-7,12,15H,3,8-11H2,1-2H3/t12-/m0/s1. The van der Waals surface area contributed by atoms with Crippen molar-refractivity contribution < 1.29 is 9.47 Å². The topological polar surface area (TPSA) is 18.5 Å². The first kappa shape index (κ1) is 15.1. The van der Waals surface area contributed by atoms with Crippen molar-refractivity contribution in [2.45, 2.75) is 24.5 Å². The molecule has 1 aromatic carbocycles. The first-order chi connectivity index (χ1) is 9.29. The lowest BCUT2D eigenvalue weighted by Crippen LogP contribution is -2.20. The van der Waals surface area contributed by atoms with E-state index in [2.05, 4.69) is 42.6 Å². The Morgan fingerprint density at radius 1 is 1.21 bits per heavy atom. The van der Waals surface area contributed by atoms with Crippen molar-refractivity contribution in [1.82, 2.24) is 0 Å². The number of methoxy groups -OCH3 is 1. The fraction of sp³-hybridized carbons (Fsp3) is 0.600. The summed E-state index contributed by atoms with van der Waals surface area (Å²) in [7, 11) is 1.69. The third kappa shape index (κ3) is 4.93. The van der Waals surface area contributed by atoms with Gasteiger partial charge in [-0.15, -0.1) is 23.5 Å². The molecule has 1 saturated heterocycles. The van der Waals surface area contributed by atoms with E-state index in [1.54, 1.807) is 7.11 Å². The third-order valence-corrected chi connectivity index (χ3v) is 6.58. The van der Waals surface area contributed by atoms with Crippen molar-refractivity contribution >= 4 is 23.5 Å². The lowest BCUT2D eigenvalue weighted by Gasteiger charge is -2.26. The summed E-state index contributed by atoms with van der Waals surface area (Å²) in [5.41, 5.74) is 1.21. The number of ether oxygens (including phenoxy) is 2. The largest absolute Gasteiger partial charge is 0.497 e. The summed E-state index contributed by atoms with van der Waals surface area (Å²) in [5, 5.41) is 0. The monoisotopic (exact) mass is 298 g/mol. The van der Waals surface area contributed by atoms with Gasteiger partial charge in [0.1, 0.15) is 5.75 Å². The molecule has 0 amide bonds. The van der Waals surface area contributed by atoms with Crippen molar-refractivity contribution in [2.24, 2.45) is 5.92 Å². The predicted molar refractivity (Wildman–Crippen MR) is 85.1 cm³/mol. The molecule has 0 aliphatic carbocycles. The molecule has 4 heteroatoms. The first-order valence-electron chi connectivity index (χ1n) is 6.73. The molecule has 106 valence electrons. The van der Waals surface area contributed by atoms with Crippen molar-refractivity contribution in [1.29, 1.82) is 0 Å². The molecule has 1 aliphatic rings. The second kappa shape index (κ2) is 8.08. The van der Waals surface area contributed by atoms with E-state index in [1.807, 2.05) is 12.1 Å². The second-order valence-corrected chi connectivity index (χ2v) is 7.60. The van der Waals surface area contributed by atoms with Gasteiger partial charge in [0.2, 0.25) is 0 Å². The Morgan fingerprint density at radius 3 is 2.53 bits per heavy atom. The minimum Gasteiger partial charge on any atom is -0.497 e. The highest BCUT2D eigenvalue weighted by atomic mass is 32.2. The zero-order chi connectivity index (χ0) is 13.5. The first-order valence-corrected chi connectivity index (χ1v) is 8.83. The number of rotatable bonds is 6. The summed E-state index contributed by atoms with van der Waals surface area (Å²) in [6, 6.07) is 8.09. The molecule has 1 heterocycles. The molecule has 1 atom stereocenters. The Labute approximate surface area is 124 Å². The third-order valence-electron chi connectivity index (χ3n) is 3.13. The lowest BCUT2D eigenvalue weighted by molar-refractivity contribution is 0.0963. The average Bonchev–Trinajstić information content (AvgIpc) is 2.49. The number of hydrogen-bond donors (Lipinski definition) is 0. The Bertz CT molecular complexity index is 361. The maximum absolute atomic E-state index is 5.84. The molecule has 0 unspecified atom stereocenters. The summed E-state index contributed by atoms with van der Waals surface area (Å²) in [6.45, 7) is 3.83. The average molecular weight is 298 g/mol. The Balaban J connectivity index is 1.69. The van der Waals surface area contributed by atoms with E-state index in [1.165, 1.54) is 23.5 Å². The van der Waals surface area contributed by atoms with Crippen molar-refractivity contribution in [2.75, 3.05) is 25.2 Å². The molecule has 0 spiro atoms. The van der Waals surface area contributed by atoms with Gasteiger partial charge in [-0.05, 0) is 35.6 Å². The smallest absolute Gasteiger partial charge is 0.118 e. The van der Waals surface area contributed by atoms with Crippen LogP contribution in [0.15, 0.2) is 24.3 Å². The van der Waals surface area contributed by atoms with Crippen LogP contribution in [-0.2, 0) is 11.3 Å². The molecule has 0 bridgehead atoms. The minimum absolute atomic E-state index is 0.619. The number of hydrogen-bond acceptors (Lipinski definition) is 4. The van der Waals surface area contributed by atoms with Crippen LogP contribution in [0.3, 0.4) is 0 Å². The molecule has 1 aromatic rings. The van der Waals surface area contributed by atoms with Crippen LogP contribution in [0.4, 0.5) is 0 Å². The van der Waals surface area contributed by atoms with E-state index in [0.29, 0.717) is 17.1 Å². The van der Waals surface area contributed by atoms with Crippen LogP contribution in [0, 0.1) is 5.92 Å². The number of benzene rings is 1. The quantitative estimate of drug-likeness (QED) is 0.788. The summed E-state index contributed by atoms with van der Waals surface area (Å²) >= 11 is 4.18. The van der Waals surface area contributed by atoms with Crippen molar-refractivity contribution in [3.63, 3.8) is 0 Å². The second-order valence-electron chi connectivity index (χ2n) is 4.80. The summed E-state index contributed by atoms with van der Waals surface area (Å²) in [4.78, 5) is 0. The van der Waals surface area contributed by atoms with E-state index in [-0.39, 0.29) is 0 Å². The van der Waals surface area contributed by atoms with E-state index < -0.39 is 0 Å². The van der Waals surface area contributed by atoms with Gasteiger partial charge in [0.05, 0.1) is 24.9 Å². The van der Waals surface area contributed by atoms with Gasteiger partial charge < -0.3 is 9.47 Å². The van der Waals surface area contributed by atoms with Crippen molar-refractivity contribution in [3.05, 3.63) is 29.8 Å². The van der Waals surface area contributed by atoms with Gasteiger partial charge in [-0.1, -0.05) is 19.1 Å². The normalized spacial score (nSPS) is 18.2. The molecule has 0 radical (unpaired) electrons. The lowest BCUT2D eigenvalue weighted by atomic mass is 10.2. The highest BCUT2D eigenvalue weighted by Crippen LogP contribution is 2.35. The van der Waals surface area contributed by atoms with E-state index >= 15 is 0 Å². The van der Waals surface area contributed by atoms with Gasteiger partial charge in [-0.25, -0.2) is 0 Å². The molecule has 0 N–H and O–H groups in total. The van der Waals surface area contributed by atoms with E-state index in [4.69, 9.17) is 9.47 Å². The van der Waals surface area contributed by atoms with E-state index in [0.717, 1.165) is 12.4 Å². The zero-order valence-corrected chi connectivity index (χ0v) is 13.3. The Hall–Kier alpha value is -0.320. The van der Waals surface area contributed by atoms with Crippen LogP contribution in [0.25, 0.3) is 0 Å². The molecular formula is C15H22O2S2. The summed E-state index contributed by atoms with van der Waals surface area (Å²) < 4.78 is 11.7. The van der Waals surface area contributed by atoms with E-state index in [9.17, 15) is 0 Å². The molecule has 0 aromatic heterocycles. The Morgan fingerprint density at radius 2 is 1.89 bits per heavy atom. The summed E-state index contributed by atoms with van der Waals surface area (Å²) in [6.07, 6.45) is 1.35. The maximum Gasteiger partial charge on any atom is 0.118 e. The molecule has 19 heavy (non-hydrogen) atoms. The molecule has 2 nitrogen and oxygen atoms in total. The molecule has 2 rings (SSSR count). The van der Waals surface area contributed by atoms with Gasteiger partial charge in [0, 0.05) is 5.92 Å². The van der Waals surface area contributed by atoms with Gasteiger partial charge in [-0.2, -0.15) is 0 Å². The van der Waals surface area contributed by atoms with Crippen LogP contribution in [0.1, 0.15) is 18.9 Å². The van der Waals surface area contributed by atoms with Crippen LogP contribution in [0.2, 0.25) is 0 Å². The fourth-order valence-electron chi connectivity index (χ4n) is 2.00. The van der Waals surface area contributed by atoms with Crippen LogP contribution in [-0.4, -0.2) is 29.8 Å². The molecular weight excluding hydrogens is 276 g/mol. The summed E-state index contributed by atoms with van der Waals surface area (Å²) in [5.74, 6) is 4.13. The fourth-order valence-corrected chi connectivity index (χ4v) is 5.04. The van der Waals surface area contributed by atoms with Crippen LogP contribution < -0.4 is 4.74 Å². The highest BCUT2D eigenvalue weighted by molar-refractivity contribution is 8.17. The van der Waals surface area contributed by atoms with Crippen LogP contribution in [0.5, 0.6) is 5.75 Å². The van der Waals surface area contributed by atoms with Gasteiger partial charge >= 0.3 is 0 Å². The molecule has 1 aliphatic heterocycles. The van der Waals surface area contributed by atoms with Gasteiger partial charge in [0.25, 0.3) is 0 Å². The minimum atomic E-state index is 0.619. The number of thioether (sulfide) groups is 2. The Kier molecular flexibility index (Phi) is 6.41. The molecule has 1 fully saturated rings. The highest BCUT2D eigenvalue weighted by Gasteiger charge is 2.21. The molecule has 0 saturated carbocycles. The van der Waals surface area contributed by atoms with Gasteiger partial charge in [0.15, 0.2) is 0 Å².